The zero-order valence-electron chi connectivity index (χ0n) is 11.1. The van der Waals surface area contributed by atoms with E-state index in [1.807, 2.05) is 28.9 Å². The van der Waals surface area contributed by atoms with Crippen LogP contribution in [0.5, 0.6) is 0 Å². The SMILES string of the molecule is CC1(C)CCC(Nc2nc3ccccn3n2)CC1. The highest BCUT2D eigenvalue weighted by molar-refractivity contribution is 5.43. The van der Waals surface area contributed by atoms with E-state index in [1.165, 1.54) is 25.7 Å². The second-order valence-corrected chi connectivity index (χ2v) is 6.02. The Balaban J connectivity index is 1.69. The lowest BCUT2D eigenvalue weighted by Gasteiger charge is -2.34. The van der Waals surface area contributed by atoms with Crippen LogP contribution < -0.4 is 5.32 Å². The van der Waals surface area contributed by atoms with Crippen LogP contribution in [0.3, 0.4) is 0 Å². The molecule has 0 unspecified atom stereocenters. The van der Waals surface area contributed by atoms with E-state index in [1.54, 1.807) is 0 Å². The first-order chi connectivity index (χ1) is 8.62. The van der Waals surface area contributed by atoms with Crippen molar-refractivity contribution in [2.24, 2.45) is 5.41 Å². The van der Waals surface area contributed by atoms with Crippen molar-refractivity contribution in [2.75, 3.05) is 5.32 Å². The molecule has 96 valence electrons. The molecule has 1 saturated carbocycles. The van der Waals surface area contributed by atoms with Crippen molar-refractivity contribution in [3.63, 3.8) is 0 Å². The highest BCUT2D eigenvalue weighted by Crippen LogP contribution is 2.35. The number of anilines is 1. The topological polar surface area (TPSA) is 42.2 Å². The van der Waals surface area contributed by atoms with Gasteiger partial charge in [-0.05, 0) is 43.2 Å². The summed E-state index contributed by atoms with van der Waals surface area (Å²) < 4.78 is 1.81. The van der Waals surface area contributed by atoms with Gasteiger partial charge in [0.25, 0.3) is 0 Å². The van der Waals surface area contributed by atoms with Crippen molar-refractivity contribution in [2.45, 2.75) is 45.6 Å². The fraction of sp³-hybridized carbons (Fsp3) is 0.571. The Kier molecular flexibility index (Phi) is 2.73. The molecular formula is C14H20N4. The maximum atomic E-state index is 4.48. The summed E-state index contributed by atoms with van der Waals surface area (Å²) in [5, 5.41) is 7.90. The molecule has 0 aliphatic heterocycles. The fourth-order valence-electron chi connectivity index (χ4n) is 2.62. The van der Waals surface area contributed by atoms with Crippen LogP contribution in [0.2, 0.25) is 0 Å². The Morgan fingerprint density at radius 2 is 2.06 bits per heavy atom. The molecule has 4 nitrogen and oxygen atoms in total. The molecule has 3 rings (SSSR count). The Bertz CT molecular complexity index is 500. The molecule has 2 aromatic rings. The van der Waals surface area contributed by atoms with Gasteiger partial charge in [0.05, 0.1) is 0 Å². The maximum Gasteiger partial charge on any atom is 0.243 e. The minimum absolute atomic E-state index is 0.504. The Hall–Kier alpha value is -1.58. The molecule has 2 aromatic heterocycles. The number of pyridine rings is 1. The summed E-state index contributed by atoms with van der Waals surface area (Å²) in [6, 6.07) is 6.45. The van der Waals surface area contributed by atoms with Gasteiger partial charge in [-0.25, -0.2) is 4.52 Å². The van der Waals surface area contributed by atoms with Crippen molar-refractivity contribution >= 4 is 11.6 Å². The Morgan fingerprint density at radius 3 is 2.78 bits per heavy atom. The van der Waals surface area contributed by atoms with Gasteiger partial charge in [0, 0.05) is 12.2 Å². The van der Waals surface area contributed by atoms with Gasteiger partial charge in [0.1, 0.15) is 0 Å². The van der Waals surface area contributed by atoms with Gasteiger partial charge in [-0.2, -0.15) is 4.98 Å². The third kappa shape index (κ3) is 2.33. The van der Waals surface area contributed by atoms with Gasteiger partial charge >= 0.3 is 0 Å². The average molecular weight is 244 g/mol. The number of hydrogen-bond donors (Lipinski definition) is 1. The van der Waals surface area contributed by atoms with E-state index in [0.717, 1.165) is 11.6 Å². The number of hydrogen-bond acceptors (Lipinski definition) is 3. The number of rotatable bonds is 2. The van der Waals surface area contributed by atoms with Crippen LogP contribution in [0.15, 0.2) is 24.4 Å². The predicted molar refractivity (Wildman–Crippen MR) is 72.6 cm³/mol. The van der Waals surface area contributed by atoms with Crippen LogP contribution >= 0.6 is 0 Å². The van der Waals surface area contributed by atoms with Gasteiger partial charge in [-0.15, -0.1) is 5.10 Å². The lowest BCUT2D eigenvalue weighted by Crippen LogP contribution is -2.30. The van der Waals surface area contributed by atoms with Crippen LogP contribution in [0.4, 0.5) is 5.95 Å². The van der Waals surface area contributed by atoms with Gasteiger partial charge in [0.2, 0.25) is 5.95 Å². The lowest BCUT2D eigenvalue weighted by atomic mass is 9.76. The van der Waals surface area contributed by atoms with E-state index < -0.39 is 0 Å². The highest BCUT2D eigenvalue weighted by atomic mass is 15.3. The maximum absolute atomic E-state index is 4.48. The fourth-order valence-corrected chi connectivity index (χ4v) is 2.62. The van der Waals surface area contributed by atoms with Crippen LogP contribution in [0.25, 0.3) is 5.65 Å². The van der Waals surface area contributed by atoms with E-state index in [2.05, 4.69) is 29.2 Å². The van der Waals surface area contributed by atoms with E-state index in [-0.39, 0.29) is 0 Å². The zero-order valence-corrected chi connectivity index (χ0v) is 11.1. The molecule has 0 bridgehead atoms. The molecule has 0 saturated heterocycles. The molecule has 0 amide bonds. The van der Waals surface area contributed by atoms with Crippen molar-refractivity contribution < 1.29 is 0 Å². The first-order valence-corrected chi connectivity index (χ1v) is 6.70. The summed E-state index contributed by atoms with van der Waals surface area (Å²) in [6.07, 6.45) is 6.90. The van der Waals surface area contributed by atoms with Gasteiger partial charge < -0.3 is 5.32 Å². The second kappa shape index (κ2) is 4.26. The molecule has 0 aromatic carbocycles. The predicted octanol–water partition coefficient (Wildman–Crippen LogP) is 3.11. The quantitative estimate of drug-likeness (QED) is 0.882. The molecule has 0 atom stereocenters. The molecule has 18 heavy (non-hydrogen) atoms. The van der Waals surface area contributed by atoms with Crippen LogP contribution in [-0.4, -0.2) is 20.6 Å². The average Bonchev–Trinajstić information content (AvgIpc) is 2.74. The standard InChI is InChI=1S/C14H20N4/c1-14(2)8-6-11(7-9-14)15-13-16-12-5-3-4-10-18(12)17-13/h3-5,10-11H,6-9H2,1-2H3,(H,15,17). The minimum atomic E-state index is 0.504. The molecule has 1 aliphatic carbocycles. The van der Waals surface area contributed by atoms with Gasteiger partial charge in [-0.1, -0.05) is 19.9 Å². The summed E-state index contributed by atoms with van der Waals surface area (Å²) in [5.41, 5.74) is 1.40. The minimum Gasteiger partial charge on any atom is -0.350 e. The van der Waals surface area contributed by atoms with Crippen molar-refractivity contribution in [3.05, 3.63) is 24.4 Å². The molecule has 1 N–H and O–H groups in total. The van der Waals surface area contributed by atoms with Crippen molar-refractivity contribution in [1.82, 2.24) is 14.6 Å². The van der Waals surface area contributed by atoms with E-state index in [0.29, 0.717) is 11.5 Å². The van der Waals surface area contributed by atoms with E-state index in [9.17, 15) is 0 Å². The smallest absolute Gasteiger partial charge is 0.243 e. The van der Waals surface area contributed by atoms with E-state index >= 15 is 0 Å². The number of nitrogens with zero attached hydrogens (tertiary/aromatic N) is 3. The first kappa shape index (κ1) is 11.5. The molecule has 4 heteroatoms. The summed E-state index contributed by atoms with van der Waals surface area (Å²) in [5.74, 6) is 0.755. The third-order valence-corrected chi connectivity index (χ3v) is 3.91. The molecule has 2 heterocycles. The van der Waals surface area contributed by atoms with Crippen molar-refractivity contribution in [3.8, 4) is 0 Å². The summed E-state index contributed by atoms with van der Waals surface area (Å²) in [7, 11) is 0. The summed E-state index contributed by atoms with van der Waals surface area (Å²) >= 11 is 0. The third-order valence-electron chi connectivity index (χ3n) is 3.91. The molecular weight excluding hydrogens is 224 g/mol. The highest BCUT2D eigenvalue weighted by Gasteiger charge is 2.27. The Labute approximate surface area is 107 Å². The van der Waals surface area contributed by atoms with E-state index in [4.69, 9.17) is 0 Å². The lowest BCUT2D eigenvalue weighted by molar-refractivity contribution is 0.232. The van der Waals surface area contributed by atoms with Crippen LogP contribution in [-0.2, 0) is 0 Å². The number of fused-ring (bicyclic) bond motifs is 1. The molecule has 0 spiro atoms. The first-order valence-electron chi connectivity index (χ1n) is 6.70. The van der Waals surface area contributed by atoms with Crippen molar-refractivity contribution in [1.29, 1.82) is 0 Å². The summed E-state index contributed by atoms with van der Waals surface area (Å²) in [4.78, 5) is 4.48. The zero-order chi connectivity index (χ0) is 12.6. The van der Waals surface area contributed by atoms with Crippen LogP contribution in [0, 0.1) is 5.41 Å². The van der Waals surface area contributed by atoms with Gasteiger partial charge in [-0.3, -0.25) is 0 Å². The summed E-state index contributed by atoms with van der Waals surface area (Å²) in [6.45, 7) is 4.71. The monoisotopic (exact) mass is 244 g/mol. The number of nitrogens with one attached hydrogen (secondary N) is 1. The molecule has 1 aliphatic rings. The number of aromatic nitrogens is 3. The molecule has 1 fully saturated rings. The second-order valence-electron chi connectivity index (χ2n) is 6.02. The molecule has 0 radical (unpaired) electrons. The Morgan fingerprint density at radius 1 is 1.28 bits per heavy atom. The van der Waals surface area contributed by atoms with Crippen LogP contribution in [0.1, 0.15) is 39.5 Å². The normalized spacial score (nSPS) is 20.1. The van der Waals surface area contributed by atoms with Gasteiger partial charge in [0.15, 0.2) is 5.65 Å². The largest absolute Gasteiger partial charge is 0.350 e.